The Kier molecular flexibility index (Phi) is 9.00. The molecule has 1 amide bonds. The fourth-order valence-corrected chi connectivity index (χ4v) is 5.20. The molecule has 1 aliphatic rings. The first-order valence-corrected chi connectivity index (χ1v) is 14.2. The Morgan fingerprint density at radius 1 is 0.872 bits per heavy atom. The lowest BCUT2D eigenvalue weighted by Gasteiger charge is -2.22. The van der Waals surface area contributed by atoms with Crippen molar-refractivity contribution in [1.29, 1.82) is 0 Å². The summed E-state index contributed by atoms with van der Waals surface area (Å²) in [5, 5.41) is 3.06. The average Bonchev–Trinajstić information content (AvgIpc) is 2.99. The number of rotatable bonds is 10. The van der Waals surface area contributed by atoms with Gasteiger partial charge in [0.05, 0.1) is 24.0 Å². The molecule has 1 fully saturated rings. The van der Waals surface area contributed by atoms with Gasteiger partial charge in [0.25, 0.3) is 0 Å². The molecule has 0 aliphatic heterocycles. The second-order valence-corrected chi connectivity index (χ2v) is 10.5. The van der Waals surface area contributed by atoms with Crippen LogP contribution in [0.15, 0.2) is 85.1 Å². The van der Waals surface area contributed by atoms with Crippen LogP contribution in [0.3, 0.4) is 0 Å². The Morgan fingerprint density at radius 2 is 1.59 bits per heavy atom. The summed E-state index contributed by atoms with van der Waals surface area (Å²) in [7, 11) is 0. The molecule has 1 saturated carbocycles. The molecule has 5 rings (SSSR count). The van der Waals surface area contributed by atoms with Gasteiger partial charge in [-0.15, -0.1) is 0 Å². The molecule has 0 atom stereocenters. The minimum absolute atomic E-state index is 0.0906. The number of aromatic nitrogens is 2. The predicted octanol–water partition coefficient (Wildman–Crippen LogP) is 7.59. The first-order valence-electron chi connectivity index (χ1n) is 14.2. The van der Waals surface area contributed by atoms with Crippen molar-refractivity contribution in [2.45, 2.75) is 64.9 Å². The lowest BCUT2D eigenvalue weighted by atomic mass is 9.86. The van der Waals surface area contributed by atoms with Crippen molar-refractivity contribution in [2.24, 2.45) is 5.92 Å². The number of nitrogens with one attached hydrogen (secondary N) is 1. The van der Waals surface area contributed by atoms with Gasteiger partial charge < -0.3 is 10.1 Å². The molecule has 0 radical (unpaired) electrons. The van der Waals surface area contributed by atoms with Crippen molar-refractivity contribution in [3.8, 4) is 17.0 Å². The van der Waals surface area contributed by atoms with E-state index in [0.717, 1.165) is 46.7 Å². The van der Waals surface area contributed by atoms with Crippen LogP contribution in [0, 0.1) is 5.92 Å². The zero-order valence-electron chi connectivity index (χ0n) is 22.7. The molecule has 39 heavy (non-hydrogen) atoms. The Morgan fingerprint density at radius 3 is 2.31 bits per heavy atom. The highest BCUT2D eigenvalue weighted by atomic mass is 16.5. The molecule has 4 aromatic rings. The summed E-state index contributed by atoms with van der Waals surface area (Å²) in [6, 6.07) is 26.3. The summed E-state index contributed by atoms with van der Waals surface area (Å²) >= 11 is 0. The predicted molar refractivity (Wildman–Crippen MR) is 157 cm³/mol. The van der Waals surface area contributed by atoms with E-state index in [-0.39, 0.29) is 12.3 Å². The quantitative estimate of drug-likeness (QED) is 0.234. The summed E-state index contributed by atoms with van der Waals surface area (Å²) < 4.78 is 5.88. The van der Waals surface area contributed by atoms with Gasteiger partial charge in [0.15, 0.2) is 5.82 Å². The molecule has 0 unspecified atom stereocenters. The first-order chi connectivity index (χ1) is 19.2. The van der Waals surface area contributed by atoms with E-state index in [0.29, 0.717) is 18.3 Å². The van der Waals surface area contributed by atoms with Gasteiger partial charge in [0.1, 0.15) is 12.4 Å². The van der Waals surface area contributed by atoms with Crippen LogP contribution < -0.4 is 10.1 Å². The Balaban J connectivity index is 1.26. The van der Waals surface area contributed by atoms with Crippen LogP contribution in [0.25, 0.3) is 11.3 Å². The maximum absolute atomic E-state index is 13.0. The molecule has 0 spiro atoms. The molecule has 1 aliphatic carbocycles. The van der Waals surface area contributed by atoms with Crippen LogP contribution in [-0.4, -0.2) is 15.9 Å². The SMILES string of the molecule is CCc1ccc(-c2cnc(NC(=O)Cc3ccc(OCc4ccccc4)cc3)c(CC3CCCCC3)n2)cc1. The Labute approximate surface area is 231 Å². The number of carbonyl (C=O) groups is 1. The summed E-state index contributed by atoms with van der Waals surface area (Å²) in [6.45, 7) is 2.67. The molecule has 0 bridgehead atoms. The van der Waals surface area contributed by atoms with Gasteiger partial charge in [-0.05, 0) is 47.6 Å². The van der Waals surface area contributed by atoms with Gasteiger partial charge in [-0.25, -0.2) is 9.97 Å². The maximum Gasteiger partial charge on any atom is 0.229 e. The van der Waals surface area contributed by atoms with Crippen molar-refractivity contribution in [3.05, 3.63) is 107 Å². The number of nitrogens with zero attached hydrogens (tertiary/aromatic N) is 2. The fraction of sp³-hybridized carbons (Fsp3) is 0.324. The van der Waals surface area contributed by atoms with Crippen molar-refractivity contribution in [3.63, 3.8) is 0 Å². The zero-order chi connectivity index (χ0) is 26.9. The van der Waals surface area contributed by atoms with E-state index < -0.39 is 0 Å². The summed E-state index contributed by atoms with van der Waals surface area (Å²) in [4.78, 5) is 22.8. The lowest BCUT2D eigenvalue weighted by Crippen LogP contribution is -2.19. The van der Waals surface area contributed by atoms with Crippen LogP contribution in [0.2, 0.25) is 0 Å². The van der Waals surface area contributed by atoms with E-state index in [1.54, 1.807) is 6.20 Å². The molecule has 200 valence electrons. The Hall–Kier alpha value is -3.99. The number of hydrogen-bond acceptors (Lipinski definition) is 4. The molecule has 5 nitrogen and oxygen atoms in total. The zero-order valence-corrected chi connectivity index (χ0v) is 22.7. The number of benzene rings is 3. The topological polar surface area (TPSA) is 64.1 Å². The lowest BCUT2D eigenvalue weighted by molar-refractivity contribution is -0.115. The summed E-state index contributed by atoms with van der Waals surface area (Å²) in [5.74, 6) is 1.87. The van der Waals surface area contributed by atoms with E-state index in [1.807, 2.05) is 54.6 Å². The average molecular weight is 520 g/mol. The number of aryl methyl sites for hydroxylation is 1. The highest BCUT2D eigenvalue weighted by molar-refractivity contribution is 5.92. The second kappa shape index (κ2) is 13.2. The fourth-order valence-electron chi connectivity index (χ4n) is 5.20. The molecule has 5 heteroatoms. The van der Waals surface area contributed by atoms with Crippen molar-refractivity contribution < 1.29 is 9.53 Å². The van der Waals surface area contributed by atoms with Crippen molar-refractivity contribution >= 4 is 11.7 Å². The smallest absolute Gasteiger partial charge is 0.229 e. The van der Waals surface area contributed by atoms with Gasteiger partial charge >= 0.3 is 0 Å². The van der Waals surface area contributed by atoms with E-state index in [9.17, 15) is 4.79 Å². The van der Waals surface area contributed by atoms with Crippen LogP contribution >= 0.6 is 0 Å². The molecular formula is C34H37N3O2. The third-order valence-electron chi connectivity index (χ3n) is 7.50. The first kappa shape index (κ1) is 26.6. The maximum atomic E-state index is 13.0. The molecule has 0 saturated heterocycles. The summed E-state index contributed by atoms with van der Waals surface area (Å²) in [5.41, 5.74) is 6.14. The van der Waals surface area contributed by atoms with Gasteiger partial charge in [0, 0.05) is 5.56 Å². The number of anilines is 1. The minimum Gasteiger partial charge on any atom is -0.489 e. The van der Waals surface area contributed by atoms with Crippen LogP contribution in [0.4, 0.5) is 5.82 Å². The molecule has 1 heterocycles. The van der Waals surface area contributed by atoms with Gasteiger partial charge in [-0.3, -0.25) is 4.79 Å². The minimum atomic E-state index is -0.0906. The molecule has 1 N–H and O–H groups in total. The van der Waals surface area contributed by atoms with Gasteiger partial charge in [-0.1, -0.05) is 106 Å². The van der Waals surface area contributed by atoms with E-state index >= 15 is 0 Å². The largest absolute Gasteiger partial charge is 0.489 e. The standard InChI is InChI=1S/C34H37N3O2/c1-2-25-13-17-29(18-14-25)32-23-35-34(31(36-32)21-26-9-5-3-6-10-26)37-33(38)22-27-15-19-30(20-16-27)39-24-28-11-7-4-8-12-28/h4,7-8,11-20,23,26H,2-3,5-6,9-10,21-22,24H2,1H3,(H,35,37,38). The van der Waals surface area contributed by atoms with Gasteiger partial charge in [0.2, 0.25) is 5.91 Å². The van der Waals surface area contributed by atoms with Crippen LogP contribution in [0.5, 0.6) is 5.75 Å². The van der Waals surface area contributed by atoms with Crippen molar-refractivity contribution in [1.82, 2.24) is 9.97 Å². The van der Waals surface area contributed by atoms with Crippen molar-refractivity contribution in [2.75, 3.05) is 5.32 Å². The van der Waals surface area contributed by atoms with E-state index in [4.69, 9.17) is 14.7 Å². The Bertz CT molecular complexity index is 1350. The number of amides is 1. The number of carbonyl (C=O) groups excluding carboxylic acids is 1. The van der Waals surface area contributed by atoms with Crippen LogP contribution in [0.1, 0.15) is 61.4 Å². The molecular weight excluding hydrogens is 482 g/mol. The third-order valence-corrected chi connectivity index (χ3v) is 7.50. The normalized spacial score (nSPS) is 13.7. The third kappa shape index (κ3) is 7.53. The number of hydrogen-bond donors (Lipinski definition) is 1. The second-order valence-electron chi connectivity index (χ2n) is 10.5. The molecule has 3 aromatic carbocycles. The summed E-state index contributed by atoms with van der Waals surface area (Å²) in [6.07, 6.45) is 10.2. The number of ether oxygens (including phenoxy) is 1. The van der Waals surface area contributed by atoms with E-state index in [1.165, 1.54) is 37.7 Å². The van der Waals surface area contributed by atoms with Crippen LogP contribution in [-0.2, 0) is 30.7 Å². The molecule has 1 aromatic heterocycles. The monoisotopic (exact) mass is 519 g/mol. The van der Waals surface area contributed by atoms with E-state index in [2.05, 4.69) is 36.5 Å². The highest BCUT2D eigenvalue weighted by Crippen LogP contribution is 2.29. The highest BCUT2D eigenvalue weighted by Gasteiger charge is 2.19. The van der Waals surface area contributed by atoms with Gasteiger partial charge in [-0.2, -0.15) is 0 Å².